The number of hydrogen-bond donors (Lipinski definition) is 2. The lowest BCUT2D eigenvalue weighted by atomic mass is 10.00. The zero-order valence-corrected chi connectivity index (χ0v) is 10.5. The van der Waals surface area contributed by atoms with Gasteiger partial charge in [0.05, 0.1) is 16.0 Å². The van der Waals surface area contributed by atoms with Crippen molar-refractivity contribution in [2.24, 2.45) is 0 Å². The maximum absolute atomic E-state index is 12.1. The highest BCUT2D eigenvalue weighted by Crippen LogP contribution is 2.36. The van der Waals surface area contributed by atoms with Gasteiger partial charge in [0, 0.05) is 6.20 Å². The third-order valence-corrected chi connectivity index (χ3v) is 4.14. The van der Waals surface area contributed by atoms with Crippen LogP contribution >= 0.6 is 11.3 Å². The Balaban J connectivity index is 2.06. The summed E-state index contributed by atoms with van der Waals surface area (Å²) in [6.45, 7) is 0. The second kappa shape index (κ2) is 4.53. The first-order valence-corrected chi connectivity index (χ1v) is 6.85. The van der Waals surface area contributed by atoms with Crippen LogP contribution in [-0.2, 0) is 0 Å². The van der Waals surface area contributed by atoms with Gasteiger partial charge < -0.3 is 10.1 Å². The Morgan fingerprint density at radius 3 is 2.78 bits per heavy atom. The third-order valence-electron chi connectivity index (χ3n) is 3.36. The minimum atomic E-state index is -0.224. The number of aromatic hydroxyl groups is 1. The summed E-state index contributed by atoms with van der Waals surface area (Å²) in [7, 11) is 0. The van der Waals surface area contributed by atoms with Crippen LogP contribution in [0.3, 0.4) is 0 Å². The van der Waals surface area contributed by atoms with Crippen LogP contribution in [0.15, 0.2) is 16.5 Å². The summed E-state index contributed by atoms with van der Waals surface area (Å²) in [6, 6.07) is 0. The molecule has 0 atom stereocenters. The molecule has 3 rings (SSSR count). The quantitative estimate of drug-likeness (QED) is 0.871. The number of nitrogens with zero attached hydrogens (tertiary/aromatic N) is 2. The fraction of sp³-hybridized carbons (Fsp3) is 0.417. The summed E-state index contributed by atoms with van der Waals surface area (Å²) in [5.74, 6) is 0.410. The number of rotatable bonds is 2. The highest BCUT2D eigenvalue weighted by Gasteiger charge is 2.24. The van der Waals surface area contributed by atoms with Gasteiger partial charge in [0.15, 0.2) is 5.82 Å². The molecule has 5 nitrogen and oxygen atoms in total. The molecule has 2 aromatic heterocycles. The molecule has 1 saturated carbocycles. The molecule has 2 aromatic rings. The molecule has 2 N–H and O–H groups in total. The van der Waals surface area contributed by atoms with Crippen LogP contribution in [0.1, 0.15) is 37.2 Å². The lowest BCUT2D eigenvalue weighted by Crippen LogP contribution is -2.17. The average molecular weight is 263 g/mol. The number of hydrogen-bond acceptors (Lipinski definition) is 5. The standard InChI is InChI=1S/C12H13N3O2S/c16-11-9(7-3-1-2-4-7)12(17)15-10(14-11)8-5-13-6-18-8/h5-7H,1-4H2,(H2,14,15,16,17). The lowest BCUT2D eigenvalue weighted by molar-refractivity contribution is 0.436. The van der Waals surface area contributed by atoms with Gasteiger partial charge in [0.1, 0.15) is 0 Å². The van der Waals surface area contributed by atoms with Gasteiger partial charge in [-0.2, -0.15) is 4.98 Å². The van der Waals surface area contributed by atoms with Crippen LogP contribution in [0.5, 0.6) is 5.88 Å². The third kappa shape index (κ3) is 1.92. The van der Waals surface area contributed by atoms with Crippen molar-refractivity contribution in [3.8, 4) is 16.6 Å². The van der Waals surface area contributed by atoms with E-state index in [1.807, 2.05) is 0 Å². The molecule has 0 aliphatic heterocycles. The summed E-state index contributed by atoms with van der Waals surface area (Å²) in [4.78, 5) is 23.6. The second-order valence-corrected chi connectivity index (χ2v) is 5.39. The SMILES string of the molecule is O=c1[nH]c(-c2cncs2)nc(O)c1C1CCCC1. The molecule has 0 aromatic carbocycles. The number of thiazole rings is 1. The molecule has 1 aliphatic rings. The average Bonchev–Trinajstić information content (AvgIpc) is 3.01. The van der Waals surface area contributed by atoms with Crippen LogP contribution < -0.4 is 5.56 Å². The zero-order chi connectivity index (χ0) is 12.5. The van der Waals surface area contributed by atoms with E-state index in [9.17, 15) is 9.90 Å². The van der Waals surface area contributed by atoms with Crippen LogP contribution in [0.25, 0.3) is 10.7 Å². The maximum atomic E-state index is 12.1. The van der Waals surface area contributed by atoms with Gasteiger partial charge in [-0.3, -0.25) is 9.78 Å². The molecule has 6 heteroatoms. The van der Waals surface area contributed by atoms with E-state index in [1.54, 1.807) is 11.7 Å². The first-order valence-electron chi connectivity index (χ1n) is 5.98. The van der Waals surface area contributed by atoms with E-state index in [2.05, 4.69) is 15.0 Å². The first kappa shape index (κ1) is 11.4. The number of nitrogens with one attached hydrogen (secondary N) is 1. The summed E-state index contributed by atoms with van der Waals surface area (Å²) in [5.41, 5.74) is 1.88. The Hall–Kier alpha value is -1.69. The molecule has 0 spiro atoms. The lowest BCUT2D eigenvalue weighted by Gasteiger charge is -2.10. The van der Waals surface area contributed by atoms with Crippen molar-refractivity contribution < 1.29 is 5.11 Å². The van der Waals surface area contributed by atoms with Crippen molar-refractivity contribution in [3.05, 3.63) is 27.6 Å². The Kier molecular flexibility index (Phi) is 2.87. The number of aromatic nitrogens is 3. The Morgan fingerprint density at radius 1 is 1.39 bits per heavy atom. The Morgan fingerprint density at radius 2 is 2.17 bits per heavy atom. The van der Waals surface area contributed by atoms with Crippen molar-refractivity contribution >= 4 is 11.3 Å². The fourth-order valence-electron chi connectivity index (χ4n) is 2.50. The van der Waals surface area contributed by atoms with Crippen LogP contribution in [0.4, 0.5) is 0 Å². The zero-order valence-electron chi connectivity index (χ0n) is 9.72. The van der Waals surface area contributed by atoms with Gasteiger partial charge in [-0.25, -0.2) is 0 Å². The molecular formula is C12H13N3O2S. The van der Waals surface area contributed by atoms with E-state index in [0.717, 1.165) is 30.6 Å². The number of aromatic amines is 1. The molecule has 0 saturated heterocycles. The molecule has 18 heavy (non-hydrogen) atoms. The van der Waals surface area contributed by atoms with E-state index in [-0.39, 0.29) is 17.4 Å². The minimum absolute atomic E-state index is 0.131. The summed E-state index contributed by atoms with van der Waals surface area (Å²) in [5, 5.41) is 9.98. The van der Waals surface area contributed by atoms with Crippen LogP contribution in [0, 0.1) is 0 Å². The van der Waals surface area contributed by atoms with E-state index in [4.69, 9.17) is 0 Å². The second-order valence-electron chi connectivity index (χ2n) is 4.50. The van der Waals surface area contributed by atoms with Gasteiger partial charge in [0.25, 0.3) is 5.56 Å². The molecule has 0 radical (unpaired) electrons. The summed E-state index contributed by atoms with van der Waals surface area (Å²) < 4.78 is 0. The first-order chi connectivity index (χ1) is 8.75. The van der Waals surface area contributed by atoms with Gasteiger partial charge in [-0.05, 0) is 18.8 Å². The van der Waals surface area contributed by atoms with Crippen LogP contribution in [0.2, 0.25) is 0 Å². The van der Waals surface area contributed by atoms with E-state index in [0.29, 0.717) is 11.4 Å². The molecule has 94 valence electrons. The van der Waals surface area contributed by atoms with E-state index in [1.165, 1.54) is 11.3 Å². The Bertz CT molecular complexity index is 600. The fourth-order valence-corrected chi connectivity index (χ4v) is 3.07. The van der Waals surface area contributed by atoms with E-state index >= 15 is 0 Å². The molecule has 0 bridgehead atoms. The van der Waals surface area contributed by atoms with Crippen molar-refractivity contribution in [2.75, 3.05) is 0 Å². The van der Waals surface area contributed by atoms with Crippen LogP contribution in [-0.4, -0.2) is 20.1 Å². The molecule has 0 amide bonds. The van der Waals surface area contributed by atoms with Crippen molar-refractivity contribution in [1.29, 1.82) is 0 Å². The van der Waals surface area contributed by atoms with E-state index < -0.39 is 0 Å². The highest BCUT2D eigenvalue weighted by atomic mass is 32.1. The number of H-pyrrole nitrogens is 1. The molecule has 1 aliphatic carbocycles. The van der Waals surface area contributed by atoms with Crippen molar-refractivity contribution in [1.82, 2.24) is 15.0 Å². The molecule has 2 heterocycles. The predicted molar refractivity (Wildman–Crippen MR) is 68.8 cm³/mol. The van der Waals surface area contributed by atoms with Gasteiger partial charge in [-0.1, -0.05) is 12.8 Å². The minimum Gasteiger partial charge on any atom is -0.493 e. The summed E-state index contributed by atoms with van der Waals surface area (Å²) in [6.07, 6.45) is 5.76. The molecular weight excluding hydrogens is 250 g/mol. The van der Waals surface area contributed by atoms with Gasteiger partial charge in [-0.15, -0.1) is 11.3 Å². The maximum Gasteiger partial charge on any atom is 0.258 e. The molecule has 1 fully saturated rings. The summed E-state index contributed by atoms with van der Waals surface area (Å²) >= 11 is 1.38. The smallest absolute Gasteiger partial charge is 0.258 e. The van der Waals surface area contributed by atoms with Gasteiger partial charge >= 0.3 is 0 Å². The van der Waals surface area contributed by atoms with Crippen molar-refractivity contribution in [2.45, 2.75) is 31.6 Å². The van der Waals surface area contributed by atoms with Gasteiger partial charge in [0.2, 0.25) is 5.88 Å². The topological polar surface area (TPSA) is 78.9 Å². The molecule has 0 unspecified atom stereocenters. The monoisotopic (exact) mass is 263 g/mol. The normalized spacial score (nSPS) is 16.2. The largest absolute Gasteiger partial charge is 0.493 e. The predicted octanol–water partition coefficient (Wildman–Crippen LogP) is 2.26. The highest BCUT2D eigenvalue weighted by molar-refractivity contribution is 7.13. The van der Waals surface area contributed by atoms with Crippen molar-refractivity contribution in [3.63, 3.8) is 0 Å². The Labute approximate surface area is 108 Å².